The summed E-state index contributed by atoms with van der Waals surface area (Å²) in [6, 6.07) is 0. The van der Waals surface area contributed by atoms with Gasteiger partial charge in [0, 0.05) is 0 Å². The third-order valence-corrected chi connectivity index (χ3v) is 3.06. The second-order valence-electron chi connectivity index (χ2n) is 3.52. The zero-order valence-corrected chi connectivity index (χ0v) is 7.49. The molecule has 1 heteroatoms. The fourth-order valence-electron chi connectivity index (χ4n) is 1.47. The van der Waals surface area contributed by atoms with E-state index in [1.165, 1.54) is 5.57 Å². The summed E-state index contributed by atoms with van der Waals surface area (Å²) in [5, 5.41) is 0.242. The van der Waals surface area contributed by atoms with Crippen molar-refractivity contribution in [2.75, 3.05) is 0 Å². The zero-order chi connectivity index (χ0) is 7.72. The van der Waals surface area contributed by atoms with Crippen LogP contribution in [0, 0.1) is 11.8 Å². The average molecular weight is 159 g/mol. The van der Waals surface area contributed by atoms with Crippen LogP contribution in [0.5, 0.6) is 0 Å². The molecule has 0 bridgehead atoms. The number of hydrogen-bond acceptors (Lipinski definition) is 0. The summed E-state index contributed by atoms with van der Waals surface area (Å²) in [4.78, 5) is 0. The molecule has 0 aliphatic heterocycles. The number of alkyl halides is 1. The largest absolute Gasteiger partial charge is 0.118 e. The van der Waals surface area contributed by atoms with Crippen LogP contribution in [0.15, 0.2) is 12.2 Å². The van der Waals surface area contributed by atoms with Crippen LogP contribution in [-0.4, -0.2) is 5.38 Å². The van der Waals surface area contributed by atoms with Crippen molar-refractivity contribution in [1.82, 2.24) is 0 Å². The normalized spacial score (nSPS) is 41.9. The molecule has 0 amide bonds. The molecule has 3 atom stereocenters. The lowest BCUT2D eigenvalue weighted by atomic mass is 9.79. The van der Waals surface area contributed by atoms with Crippen molar-refractivity contribution in [3.63, 3.8) is 0 Å². The smallest absolute Gasteiger partial charge is 0.0545 e. The Bertz CT molecular complexity index is 140. The molecule has 0 heterocycles. The number of halogens is 1. The summed E-state index contributed by atoms with van der Waals surface area (Å²) in [7, 11) is 0. The van der Waals surface area contributed by atoms with Crippen LogP contribution in [0.1, 0.15) is 26.7 Å². The van der Waals surface area contributed by atoms with Crippen LogP contribution in [0.3, 0.4) is 0 Å². The topological polar surface area (TPSA) is 0 Å². The maximum atomic E-state index is 6.03. The van der Waals surface area contributed by atoms with E-state index >= 15 is 0 Å². The molecule has 0 aromatic carbocycles. The molecule has 1 aliphatic rings. The first-order chi connectivity index (χ1) is 4.61. The first-order valence-electron chi connectivity index (χ1n) is 3.93. The summed E-state index contributed by atoms with van der Waals surface area (Å²) in [5.41, 5.74) is 1.23. The number of hydrogen-bond donors (Lipinski definition) is 0. The molecule has 0 spiro atoms. The minimum absolute atomic E-state index is 0.242. The molecule has 0 nitrogen and oxygen atoms in total. The predicted octanol–water partition coefficient (Wildman–Crippen LogP) is 3.22. The lowest BCUT2D eigenvalue weighted by molar-refractivity contribution is 0.327. The van der Waals surface area contributed by atoms with Crippen molar-refractivity contribution >= 4 is 11.6 Å². The summed E-state index contributed by atoms with van der Waals surface area (Å²) < 4.78 is 0. The van der Waals surface area contributed by atoms with E-state index in [0.29, 0.717) is 0 Å². The first-order valence-corrected chi connectivity index (χ1v) is 4.36. The van der Waals surface area contributed by atoms with Crippen molar-refractivity contribution in [2.24, 2.45) is 11.8 Å². The Labute approximate surface area is 68.3 Å². The van der Waals surface area contributed by atoms with E-state index in [2.05, 4.69) is 20.4 Å². The molecule has 0 aromatic rings. The summed E-state index contributed by atoms with van der Waals surface area (Å²) >= 11 is 6.03. The predicted molar refractivity (Wildman–Crippen MR) is 46.3 cm³/mol. The Morgan fingerprint density at radius 2 is 2.00 bits per heavy atom. The standard InChI is InChI=1S/C9H15Cl/c1-6-4-8(3)9(10)5-7(6)2/h6-7,9H,3-5H2,1-2H3. The lowest BCUT2D eigenvalue weighted by Crippen LogP contribution is -2.22. The number of allylic oxidation sites excluding steroid dienone is 1. The van der Waals surface area contributed by atoms with E-state index in [1.807, 2.05) is 0 Å². The van der Waals surface area contributed by atoms with E-state index < -0.39 is 0 Å². The van der Waals surface area contributed by atoms with Crippen molar-refractivity contribution in [2.45, 2.75) is 32.1 Å². The van der Waals surface area contributed by atoms with Crippen LogP contribution in [0.25, 0.3) is 0 Å². The zero-order valence-electron chi connectivity index (χ0n) is 6.73. The highest BCUT2D eigenvalue weighted by atomic mass is 35.5. The van der Waals surface area contributed by atoms with Gasteiger partial charge in [-0.1, -0.05) is 26.0 Å². The van der Waals surface area contributed by atoms with Gasteiger partial charge in [-0.2, -0.15) is 0 Å². The van der Waals surface area contributed by atoms with Gasteiger partial charge in [-0.25, -0.2) is 0 Å². The lowest BCUT2D eigenvalue weighted by Gasteiger charge is -2.30. The van der Waals surface area contributed by atoms with Crippen molar-refractivity contribution < 1.29 is 0 Å². The van der Waals surface area contributed by atoms with Gasteiger partial charge in [0.2, 0.25) is 0 Å². The molecule has 0 radical (unpaired) electrons. The van der Waals surface area contributed by atoms with Crippen molar-refractivity contribution in [3.8, 4) is 0 Å². The molecule has 1 aliphatic carbocycles. The van der Waals surface area contributed by atoms with Gasteiger partial charge in [0.25, 0.3) is 0 Å². The highest BCUT2D eigenvalue weighted by Crippen LogP contribution is 2.34. The molecule has 1 fully saturated rings. The summed E-state index contributed by atoms with van der Waals surface area (Å²) in [5.74, 6) is 1.55. The molecule has 10 heavy (non-hydrogen) atoms. The third kappa shape index (κ3) is 1.54. The molecule has 0 N–H and O–H groups in total. The Kier molecular flexibility index (Phi) is 2.40. The maximum absolute atomic E-state index is 6.03. The van der Waals surface area contributed by atoms with E-state index in [0.717, 1.165) is 24.7 Å². The van der Waals surface area contributed by atoms with Crippen LogP contribution >= 0.6 is 11.6 Å². The van der Waals surface area contributed by atoms with Crippen molar-refractivity contribution in [3.05, 3.63) is 12.2 Å². The second kappa shape index (κ2) is 2.96. The first kappa shape index (κ1) is 8.13. The molecule has 58 valence electrons. The van der Waals surface area contributed by atoms with Crippen LogP contribution < -0.4 is 0 Å². The highest BCUT2D eigenvalue weighted by molar-refractivity contribution is 6.22. The molecule has 3 unspecified atom stereocenters. The second-order valence-corrected chi connectivity index (χ2v) is 4.05. The van der Waals surface area contributed by atoms with E-state index in [9.17, 15) is 0 Å². The molecule has 0 saturated heterocycles. The Balaban J connectivity index is 2.54. The van der Waals surface area contributed by atoms with E-state index in [4.69, 9.17) is 11.6 Å². The summed E-state index contributed by atoms with van der Waals surface area (Å²) in [6.07, 6.45) is 2.23. The highest BCUT2D eigenvalue weighted by Gasteiger charge is 2.25. The Morgan fingerprint density at radius 3 is 2.50 bits per heavy atom. The van der Waals surface area contributed by atoms with Gasteiger partial charge >= 0.3 is 0 Å². The monoisotopic (exact) mass is 158 g/mol. The Hall–Kier alpha value is 0.0300. The quantitative estimate of drug-likeness (QED) is 0.375. The van der Waals surface area contributed by atoms with Gasteiger partial charge in [-0.15, -0.1) is 11.6 Å². The maximum Gasteiger partial charge on any atom is 0.0545 e. The van der Waals surface area contributed by atoms with Crippen LogP contribution in [0.2, 0.25) is 0 Å². The van der Waals surface area contributed by atoms with Gasteiger partial charge in [0.05, 0.1) is 5.38 Å². The SMILES string of the molecule is C=C1CC(C)C(C)CC1Cl. The minimum atomic E-state index is 0.242. The fourth-order valence-corrected chi connectivity index (χ4v) is 1.84. The minimum Gasteiger partial charge on any atom is -0.118 e. The Morgan fingerprint density at radius 1 is 1.40 bits per heavy atom. The van der Waals surface area contributed by atoms with E-state index in [-0.39, 0.29) is 5.38 Å². The molecule has 1 saturated carbocycles. The van der Waals surface area contributed by atoms with Gasteiger partial charge in [0.15, 0.2) is 0 Å². The molecule has 0 aromatic heterocycles. The fraction of sp³-hybridized carbons (Fsp3) is 0.778. The van der Waals surface area contributed by atoms with Crippen LogP contribution in [0.4, 0.5) is 0 Å². The third-order valence-electron chi connectivity index (χ3n) is 2.58. The van der Waals surface area contributed by atoms with Crippen LogP contribution in [-0.2, 0) is 0 Å². The van der Waals surface area contributed by atoms with Gasteiger partial charge in [-0.3, -0.25) is 0 Å². The molecular formula is C9H15Cl. The average Bonchev–Trinajstić information content (AvgIpc) is 1.84. The van der Waals surface area contributed by atoms with Crippen molar-refractivity contribution in [1.29, 1.82) is 0 Å². The molecular weight excluding hydrogens is 144 g/mol. The van der Waals surface area contributed by atoms with Gasteiger partial charge in [-0.05, 0) is 24.7 Å². The van der Waals surface area contributed by atoms with Gasteiger partial charge in [0.1, 0.15) is 0 Å². The molecule has 1 rings (SSSR count). The van der Waals surface area contributed by atoms with E-state index in [1.54, 1.807) is 0 Å². The van der Waals surface area contributed by atoms with Gasteiger partial charge < -0.3 is 0 Å². The number of rotatable bonds is 0. The summed E-state index contributed by atoms with van der Waals surface area (Å²) in [6.45, 7) is 8.49.